The molecule has 0 spiro atoms. The second kappa shape index (κ2) is 6.61. The van der Waals surface area contributed by atoms with E-state index in [9.17, 15) is 14.7 Å². The van der Waals surface area contributed by atoms with Gasteiger partial charge in [0.05, 0.1) is 12.0 Å². The van der Waals surface area contributed by atoms with E-state index in [1.807, 2.05) is 0 Å². The average Bonchev–Trinajstić information content (AvgIpc) is 2.28. The van der Waals surface area contributed by atoms with Gasteiger partial charge in [-0.1, -0.05) is 33.6 Å². The molecule has 0 aromatic carbocycles. The first-order valence-electron chi connectivity index (χ1n) is 6.69. The zero-order valence-electron chi connectivity index (χ0n) is 11.4. The minimum absolute atomic E-state index is 0.147. The van der Waals surface area contributed by atoms with Crippen LogP contribution < -0.4 is 15.7 Å². The maximum Gasteiger partial charge on any atom is 0.315 e. The highest BCUT2D eigenvalue weighted by Crippen LogP contribution is 2.23. The molecule has 2 amide bonds. The molecular weight excluding hydrogens is 232 g/mol. The van der Waals surface area contributed by atoms with Crippen LogP contribution in [0.1, 0.15) is 46.5 Å². The van der Waals surface area contributed by atoms with Gasteiger partial charge in [-0.3, -0.25) is 0 Å². The molecule has 2 N–H and O–H groups in total. The fourth-order valence-electron chi connectivity index (χ4n) is 2.38. The highest BCUT2D eigenvalue weighted by molar-refractivity contribution is 5.81. The van der Waals surface area contributed by atoms with Crippen molar-refractivity contribution in [2.24, 2.45) is 11.8 Å². The van der Waals surface area contributed by atoms with E-state index >= 15 is 0 Å². The molecular formula is C13H23N2O3-. The van der Waals surface area contributed by atoms with E-state index in [1.54, 1.807) is 13.8 Å². The second-order valence-corrected chi connectivity index (χ2v) is 5.53. The third kappa shape index (κ3) is 4.20. The summed E-state index contributed by atoms with van der Waals surface area (Å²) in [4.78, 5) is 22.6. The van der Waals surface area contributed by atoms with Crippen molar-refractivity contribution in [2.75, 3.05) is 0 Å². The largest absolute Gasteiger partial charge is 0.548 e. The Bertz CT molecular complexity index is 305. The number of nitrogens with one attached hydrogen (secondary N) is 2. The number of hydrogen-bond acceptors (Lipinski definition) is 3. The summed E-state index contributed by atoms with van der Waals surface area (Å²) in [5, 5.41) is 16.2. The van der Waals surface area contributed by atoms with Gasteiger partial charge in [-0.25, -0.2) is 4.79 Å². The molecule has 1 aliphatic rings. The molecule has 0 unspecified atom stereocenters. The van der Waals surface area contributed by atoms with Crippen LogP contribution in [0.15, 0.2) is 0 Å². The van der Waals surface area contributed by atoms with Crippen LogP contribution in [0.5, 0.6) is 0 Å². The molecule has 0 radical (unpaired) electrons. The molecule has 0 aliphatic heterocycles. The standard InChI is InChI=1S/C13H24N2O3/c1-8(2)11(12(16)17)15-13(18)14-10-7-5-4-6-9(10)3/h8-11H,4-7H2,1-3H3,(H,16,17)(H2,14,15,18)/p-1/t9-,10-,11+/m1/s1. The first-order valence-corrected chi connectivity index (χ1v) is 6.69. The van der Waals surface area contributed by atoms with E-state index in [-0.39, 0.29) is 12.0 Å². The summed E-state index contributed by atoms with van der Waals surface area (Å²) in [6.45, 7) is 5.59. The van der Waals surface area contributed by atoms with Crippen molar-refractivity contribution in [1.82, 2.24) is 10.6 Å². The predicted octanol–water partition coefficient (Wildman–Crippen LogP) is 0.639. The molecule has 5 heteroatoms. The van der Waals surface area contributed by atoms with E-state index < -0.39 is 18.0 Å². The van der Waals surface area contributed by atoms with Crippen LogP contribution in [0.3, 0.4) is 0 Å². The number of aliphatic carboxylic acids is 1. The first kappa shape index (κ1) is 14.8. The molecule has 1 rings (SSSR count). The Balaban J connectivity index is 2.47. The van der Waals surface area contributed by atoms with Crippen LogP contribution in [-0.4, -0.2) is 24.1 Å². The van der Waals surface area contributed by atoms with Gasteiger partial charge in [-0.05, 0) is 24.7 Å². The lowest BCUT2D eigenvalue weighted by Gasteiger charge is -2.31. The van der Waals surface area contributed by atoms with Gasteiger partial charge in [0.15, 0.2) is 0 Å². The molecule has 0 aromatic rings. The van der Waals surface area contributed by atoms with Crippen molar-refractivity contribution >= 4 is 12.0 Å². The fraction of sp³-hybridized carbons (Fsp3) is 0.846. The number of amides is 2. The Morgan fingerprint density at radius 3 is 2.33 bits per heavy atom. The van der Waals surface area contributed by atoms with E-state index in [1.165, 1.54) is 6.42 Å². The van der Waals surface area contributed by atoms with E-state index in [0.29, 0.717) is 5.92 Å². The van der Waals surface area contributed by atoms with Crippen molar-refractivity contribution < 1.29 is 14.7 Å². The summed E-state index contributed by atoms with van der Waals surface area (Å²) in [5.41, 5.74) is 0. The lowest BCUT2D eigenvalue weighted by atomic mass is 9.86. The van der Waals surface area contributed by atoms with Crippen molar-refractivity contribution in [3.05, 3.63) is 0 Å². The Labute approximate surface area is 108 Å². The molecule has 104 valence electrons. The summed E-state index contributed by atoms with van der Waals surface area (Å²) in [6, 6.07) is -1.20. The fourth-order valence-corrected chi connectivity index (χ4v) is 2.38. The Morgan fingerprint density at radius 1 is 1.22 bits per heavy atom. The molecule has 1 fully saturated rings. The van der Waals surface area contributed by atoms with E-state index in [4.69, 9.17) is 0 Å². The van der Waals surface area contributed by atoms with Crippen molar-refractivity contribution in [3.63, 3.8) is 0 Å². The summed E-state index contributed by atoms with van der Waals surface area (Å²) in [6.07, 6.45) is 4.39. The summed E-state index contributed by atoms with van der Waals surface area (Å²) in [7, 11) is 0. The lowest BCUT2D eigenvalue weighted by Crippen LogP contribution is -2.55. The summed E-state index contributed by atoms with van der Waals surface area (Å²) in [5.74, 6) is -0.980. The molecule has 5 nitrogen and oxygen atoms in total. The zero-order valence-corrected chi connectivity index (χ0v) is 11.4. The minimum atomic E-state index is -1.24. The van der Waals surface area contributed by atoms with Gasteiger partial charge < -0.3 is 20.5 Å². The van der Waals surface area contributed by atoms with Crippen LogP contribution in [0, 0.1) is 11.8 Å². The Hall–Kier alpha value is -1.26. The smallest absolute Gasteiger partial charge is 0.315 e. The monoisotopic (exact) mass is 255 g/mol. The Morgan fingerprint density at radius 2 is 1.83 bits per heavy atom. The van der Waals surface area contributed by atoms with Crippen LogP contribution in [0.25, 0.3) is 0 Å². The number of urea groups is 1. The predicted molar refractivity (Wildman–Crippen MR) is 66.7 cm³/mol. The van der Waals surface area contributed by atoms with Gasteiger partial charge in [0, 0.05) is 6.04 Å². The molecule has 0 bridgehead atoms. The van der Waals surface area contributed by atoms with Crippen molar-refractivity contribution in [3.8, 4) is 0 Å². The SMILES string of the molecule is CC(C)[C@H](NC(=O)N[C@@H]1CCCC[C@H]1C)C(=O)[O-]. The average molecular weight is 255 g/mol. The lowest BCUT2D eigenvalue weighted by molar-refractivity contribution is -0.309. The van der Waals surface area contributed by atoms with Gasteiger partial charge >= 0.3 is 6.03 Å². The van der Waals surface area contributed by atoms with E-state index in [0.717, 1.165) is 19.3 Å². The number of carboxylic acids is 1. The highest BCUT2D eigenvalue weighted by Gasteiger charge is 2.24. The van der Waals surface area contributed by atoms with E-state index in [2.05, 4.69) is 17.6 Å². The summed E-state index contributed by atoms with van der Waals surface area (Å²) < 4.78 is 0. The highest BCUT2D eigenvalue weighted by atomic mass is 16.4. The van der Waals surface area contributed by atoms with Gasteiger partial charge in [0.1, 0.15) is 0 Å². The minimum Gasteiger partial charge on any atom is -0.548 e. The van der Waals surface area contributed by atoms with Gasteiger partial charge in [0.2, 0.25) is 0 Å². The molecule has 3 atom stereocenters. The normalized spacial score (nSPS) is 25.6. The number of carboxylic acid groups (broad SMARTS) is 1. The van der Waals surface area contributed by atoms with Crippen LogP contribution in [0.4, 0.5) is 4.79 Å². The molecule has 1 saturated carbocycles. The number of carbonyl (C=O) groups excluding carboxylic acids is 2. The maximum atomic E-state index is 11.8. The Kier molecular flexibility index (Phi) is 5.44. The second-order valence-electron chi connectivity index (χ2n) is 5.53. The van der Waals surface area contributed by atoms with Crippen LogP contribution >= 0.6 is 0 Å². The molecule has 0 aromatic heterocycles. The van der Waals surface area contributed by atoms with Gasteiger partial charge in [0.25, 0.3) is 0 Å². The third-order valence-corrected chi connectivity index (χ3v) is 3.64. The molecule has 1 aliphatic carbocycles. The molecule has 0 heterocycles. The van der Waals surface area contributed by atoms with Crippen LogP contribution in [0.2, 0.25) is 0 Å². The first-order chi connectivity index (χ1) is 8.41. The quantitative estimate of drug-likeness (QED) is 0.773. The van der Waals surface area contributed by atoms with Gasteiger partial charge in [-0.2, -0.15) is 0 Å². The van der Waals surface area contributed by atoms with Crippen LogP contribution in [-0.2, 0) is 4.79 Å². The third-order valence-electron chi connectivity index (χ3n) is 3.64. The molecule has 18 heavy (non-hydrogen) atoms. The number of carbonyl (C=O) groups is 2. The summed E-state index contributed by atoms with van der Waals surface area (Å²) >= 11 is 0. The maximum absolute atomic E-state index is 11.8. The topological polar surface area (TPSA) is 81.3 Å². The van der Waals surface area contributed by atoms with Crippen molar-refractivity contribution in [2.45, 2.75) is 58.5 Å². The van der Waals surface area contributed by atoms with Crippen molar-refractivity contribution in [1.29, 1.82) is 0 Å². The number of hydrogen-bond donors (Lipinski definition) is 2. The zero-order chi connectivity index (χ0) is 13.7. The number of rotatable bonds is 4. The van der Waals surface area contributed by atoms with Gasteiger partial charge in [-0.15, -0.1) is 0 Å². The molecule has 0 saturated heterocycles.